The highest BCUT2D eigenvalue weighted by Gasteiger charge is 2.16. The topological polar surface area (TPSA) is 185 Å². The first-order chi connectivity index (χ1) is 22.0. The maximum absolute atomic E-state index is 11.7. The molecule has 0 aliphatic carbocycles. The van der Waals surface area contributed by atoms with E-state index in [4.69, 9.17) is 42.9 Å². The predicted octanol–water partition coefficient (Wildman–Crippen LogP) is 7.85. The highest BCUT2D eigenvalue weighted by atomic mass is 79.9. The normalized spacial score (nSPS) is 10.9. The molecule has 4 aromatic rings. The number of aromatic amines is 2. The second-order valence-electron chi connectivity index (χ2n) is 10.7. The molecule has 0 aliphatic rings. The number of aromatic nitrogens is 4. The van der Waals surface area contributed by atoms with Crippen LogP contribution >= 0.6 is 55.1 Å². The third kappa shape index (κ3) is 10.9. The average molecular weight is 817 g/mol. The van der Waals surface area contributed by atoms with Crippen LogP contribution in [0.5, 0.6) is 23.3 Å². The quantitative estimate of drug-likeness (QED) is 0.116. The third-order valence-corrected chi connectivity index (χ3v) is 8.11. The molecule has 47 heavy (non-hydrogen) atoms. The van der Waals surface area contributed by atoms with E-state index in [1.54, 1.807) is 18.2 Å². The number of carboxylic acid groups (broad SMARTS) is 2. The first kappa shape index (κ1) is 37.7. The Kier molecular flexibility index (Phi) is 13.6. The number of hydrogen-bond donors (Lipinski definition) is 4. The summed E-state index contributed by atoms with van der Waals surface area (Å²) in [6.45, 7) is 7.57. The van der Waals surface area contributed by atoms with E-state index in [-0.39, 0.29) is 63.4 Å². The summed E-state index contributed by atoms with van der Waals surface area (Å²) in [5.74, 6) is -0.727. The van der Waals surface area contributed by atoms with Gasteiger partial charge < -0.3 is 19.7 Å². The minimum Gasteiger partial charge on any atom is -0.481 e. The molecule has 0 saturated heterocycles. The van der Waals surface area contributed by atoms with E-state index in [1.807, 2.05) is 27.7 Å². The van der Waals surface area contributed by atoms with Crippen LogP contribution in [0.25, 0.3) is 0 Å². The molecule has 2 heterocycles. The largest absolute Gasteiger partial charge is 0.481 e. The molecule has 0 unspecified atom stereocenters. The van der Waals surface area contributed by atoms with Crippen molar-refractivity contribution in [1.82, 2.24) is 20.4 Å². The van der Waals surface area contributed by atoms with Crippen molar-refractivity contribution in [3.63, 3.8) is 0 Å². The molecule has 12 nitrogen and oxygen atoms in total. The summed E-state index contributed by atoms with van der Waals surface area (Å²) < 4.78 is 12.7. The Bertz CT molecular complexity index is 1850. The van der Waals surface area contributed by atoms with Gasteiger partial charge in [0.05, 0.1) is 25.4 Å². The second kappa shape index (κ2) is 16.9. The zero-order valence-electron chi connectivity index (χ0n) is 25.5. The molecular formula is C31H30Br2Cl2N4O8. The van der Waals surface area contributed by atoms with Crippen molar-refractivity contribution in [1.29, 1.82) is 0 Å². The van der Waals surface area contributed by atoms with Gasteiger partial charge in [-0.25, -0.2) is 10.2 Å². The van der Waals surface area contributed by atoms with E-state index in [2.05, 4.69) is 52.3 Å². The lowest BCUT2D eigenvalue weighted by Crippen LogP contribution is -2.15. The molecule has 0 saturated carbocycles. The summed E-state index contributed by atoms with van der Waals surface area (Å²) in [6, 6.07) is 9.66. The Balaban J connectivity index is 0.000000256. The monoisotopic (exact) mass is 814 g/mol. The molecule has 4 N–H and O–H groups in total. The fraction of sp³-hybridized carbons (Fsp3) is 0.290. The van der Waals surface area contributed by atoms with Gasteiger partial charge in [0.15, 0.2) is 11.5 Å². The van der Waals surface area contributed by atoms with Gasteiger partial charge in [-0.3, -0.25) is 19.2 Å². The van der Waals surface area contributed by atoms with Gasteiger partial charge in [0.2, 0.25) is 11.8 Å². The fourth-order valence-corrected chi connectivity index (χ4v) is 6.12. The molecule has 0 aliphatic heterocycles. The number of H-pyrrole nitrogens is 2. The Morgan fingerprint density at radius 1 is 0.745 bits per heavy atom. The van der Waals surface area contributed by atoms with E-state index in [0.717, 1.165) is 5.56 Å². The number of benzene rings is 2. The number of nitrogens with zero attached hydrogens (tertiary/aromatic N) is 2. The van der Waals surface area contributed by atoms with Gasteiger partial charge in [-0.05, 0) is 85.5 Å². The van der Waals surface area contributed by atoms with Gasteiger partial charge in [-0.1, -0.05) is 50.9 Å². The number of ether oxygens (including phenoxy) is 2. The zero-order chi connectivity index (χ0) is 35.0. The van der Waals surface area contributed by atoms with Crippen LogP contribution in [0.4, 0.5) is 0 Å². The smallest absolute Gasteiger partial charge is 0.307 e. The number of rotatable bonds is 11. The summed E-state index contributed by atoms with van der Waals surface area (Å²) in [5, 5.41) is 30.4. The van der Waals surface area contributed by atoms with Crippen molar-refractivity contribution in [3.05, 3.63) is 98.4 Å². The van der Waals surface area contributed by atoms with Gasteiger partial charge in [0.1, 0.15) is 0 Å². The highest BCUT2D eigenvalue weighted by molar-refractivity contribution is 9.11. The van der Waals surface area contributed by atoms with E-state index in [1.165, 1.54) is 18.2 Å². The number of hydrogen-bond acceptors (Lipinski definition) is 8. The van der Waals surface area contributed by atoms with Gasteiger partial charge in [0.25, 0.3) is 11.1 Å². The van der Waals surface area contributed by atoms with Gasteiger partial charge in [-0.15, -0.1) is 10.2 Å². The number of aryl methyl sites for hydroxylation is 1. The first-order valence-electron chi connectivity index (χ1n) is 14.0. The van der Waals surface area contributed by atoms with Crippen LogP contribution in [-0.2, 0) is 22.4 Å². The number of nitrogens with one attached hydrogen (secondary N) is 2. The van der Waals surface area contributed by atoms with Crippen LogP contribution in [0, 0.1) is 0 Å². The van der Waals surface area contributed by atoms with Crippen molar-refractivity contribution >= 4 is 67.0 Å². The van der Waals surface area contributed by atoms with Crippen molar-refractivity contribution < 1.29 is 29.3 Å². The SMILES string of the molecule is CC(C)c1cc(Oc2c(Br)cc(CCC(=O)O)cc2Br)n[nH]c1=O.CC(C)c1cc(Oc2c(Cl)cc(CC(=O)O)cc2Cl)n[nH]c1=O. The van der Waals surface area contributed by atoms with Crippen LogP contribution in [0.2, 0.25) is 10.0 Å². The molecule has 0 atom stereocenters. The number of halogens is 4. The third-order valence-electron chi connectivity index (χ3n) is 6.37. The summed E-state index contributed by atoms with van der Waals surface area (Å²) in [4.78, 5) is 44.8. The number of carbonyl (C=O) groups is 2. The molecule has 0 fully saturated rings. The van der Waals surface area contributed by atoms with Crippen LogP contribution < -0.4 is 20.6 Å². The molecule has 0 radical (unpaired) electrons. The maximum atomic E-state index is 11.7. The summed E-state index contributed by atoms with van der Waals surface area (Å²) in [7, 11) is 0. The van der Waals surface area contributed by atoms with E-state index in [9.17, 15) is 19.2 Å². The molecule has 16 heteroatoms. The van der Waals surface area contributed by atoms with Crippen molar-refractivity contribution in [2.24, 2.45) is 0 Å². The Hall–Kier alpha value is -3.72. The lowest BCUT2D eigenvalue weighted by Gasteiger charge is -2.12. The standard InChI is InChI=1S/C16H16Br2N2O4.C15H14Cl2N2O4/c1-8(2)10-7-13(19-20-16(10)23)24-15-11(17)5-9(6-12(15)18)3-4-14(21)22;1-7(2)9-6-12(18-19-15(9)22)23-14-10(16)3-8(4-11(14)17)5-13(20)21/h5-8H,3-4H2,1-2H3,(H,20,23)(H,21,22);3-4,6-7H,5H2,1-2H3,(H,19,22)(H,20,21). The number of aliphatic carboxylic acids is 2. The van der Waals surface area contributed by atoms with Gasteiger partial charge in [0, 0.05) is 29.7 Å². The zero-order valence-corrected chi connectivity index (χ0v) is 30.2. The second-order valence-corrected chi connectivity index (χ2v) is 13.3. The summed E-state index contributed by atoms with van der Waals surface area (Å²) in [6.07, 6.45) is 0.271. The molecule has 2 aromatic carbocycles. The van der Waals surface area contributed by atoms with Crippen LogP contribution in [0.3, 0.4) is 0 Å². The Labute approximate surface area is 295 Å². The Morgan fingerprint density at radius 2 is 1.19 bits per heavy atom. The molecule has 0 amide bonds. The van der Waals surface area contributed by atoms with Gasteiger partial charge >= 0.3 is 11.9 Å². The molecule has 250 valence electrons. The highest BCUT2D eigenvalue weighted by Crippen LogP contribution is 2.38. The molecule has 0 bridgehead atoms. The molecule has 0 spiro atoms. The van der Waals surface area contributed by atoms with Crippen LogP contribution in [0.1, 0.15) is 68.2 Å². The van der Waals surface area contributed by atoms with Crippen LogP contribution in [0.15, 0.2) is 54.9 Å². The first-order valence-corrected chi connectivity index (χ1v) is 16.3. The average Bonchev–Trinajstić information content (AvgIpc) is 2.97. The molecular weight excluding hydrogens is 787 g/mol. The van der Waals surface area contributed by atoms with Crippen molar-refractivity contribution in [2.75, 3.05) is 0 Å². The van der Waals surface area contributed by atoms with Crippen molar-refractivity contribution in [2.45, 2.75) is 58.8 Å². The lowest BCUT2D eigenvalue weighted by molar-refractivity contribution is -0.137. The summed E-state index contributed by atoms with van der Waals surface area (Å²) >= 11 is 19.0. The summed E-state index contributed by atoms with van der Waals surface area (Å²) in [5.41, 5.74) is 1.90. The molecule has 4 rings (SSSR count). The predicted molar refractivity (Wildman–Crippen MR) is 184 cm³/mol. The van der Waals surface area contributed by atoms with Gasteiger partial charge in [-0.2, -0.15) is 0 Å². The minimum atomic E-state index is -0.991. The van der Waals surface area contributed by atoms with Crippen LogP contribution in [-0.4, -0.2) is 42.5 Å². The minimum absolute atomic E-state index is 0.00649. The number of carboxylic acids is 2. The molecule has 2 aromatic heterocycles. The fourth-order valence-electron chi connectivity index (χ4n) is 4.07. The Morgan fingerprint density at radius 3 is 1.60 bits per heavy atom. The lowest BCUT2D eigenvalue weighted by atomic mass is 10.1. The van der Waals surface area contributed by atoms with E-state index >= 15 is 0 Å². The van der Waals surface area contributed by atoms with E-state index in [0.29, 0.717) is 37.8 Å². The van der Waals surface area contributed by atoms with E-state index < -0.39 is 11.9 Å². The van der Waals surface area contributed by atoms with Crippen molar-refractivity contribution in [3.8, 4) is 23.3 Å². The maximum Gasteiger partial charge on any atom is 0.307 e.